The summed E-state index contributed by atoms with van der Waals surface area (Å²) < 4.78 is 6.11. The van der Waals surface area contributed by atoms with E-state index < -0.39 is 0 Å². The van der Waals surface area contributed by atoms with Gasteiger partial charge in [0.05, 0.1) is 12.2 Å². The summed E-state index contributed by atoms with van der Waals surface area (Å²) in [5.74, 6) is 1.27. The highest BCUT2D eigenvalue weighted by Crippen LogP contribution is 2.40. The van der Waals surface area contributed by atoms with Crippen molar-refractivity contribution in [2.75, 3.05) is 6.54 Å². The lowest BCUT2D eigenvalue weighted by atomic mass is 10.1. The zero-order valence-corrected chi connectivity index (χ0v) is 12.1. The Balaban J connectivity index is 1.52. The van der Waals surface area contributed by atoms with E-state index >= 15 is 0 Å². The molecule has 0 unspecified atom stereocenters. The number of fused-ring (bicyclic) bond motifs is 2. The minimum absolute atomic E-state index is 0.0781. The van der Waals surface area contributed by atoms with Gasteiger partial charge in [-0.05, 0) is 37.1 Å². The summed E-state index contributed by atoms with van der Waals surface area (Å²) in [6.45, 7) is 0.775. The molecule has 2 aromatic rings. The Morgan fingerprint density at radius 2 is 2.00 bits per heavy atom. The van der Waals surface area contributed by atoms with Gasteiger partial charge >= 0.3 is 0 Å². The average molecular weight is 295 g/mol. The van der Waals surface area contributed by atoms with Gasteiger partial charge in [-0.15, -0.1) is 0 Å². The van der Waals surface area contributed by atoms with Crippen LogP contribution < -0.4 is 4.74 Å². The fraction of sp³-hybridized carbons (Fsp3) is 0.353. The van der Waals surface area contributed by atoms with Gasteiger partial charge in [0.1, 0.15) is 11.9 Å². The largest absolute Gasteiger partial charge is 0.486 e. The summed E-state index contributed by atoms with van der Waals surface area (Å²) in [5.41, 5.74) is 0.697. The standard InChI is InChI=1S/C17H17N3O2/c21-17(12-5-8-18-9-6-12)20-11-13-3-4-15(20)16(13)22-14-2-1-7-19-10-14/h1-2,5-10,13,15-16H,3-4,11H2/t13-,15+,16-/m1/s1. The van der Waals surface area contributed by atoms with Crippen molar-refractivity contribution in [2.45, 2.75) is 25.0 Å². The molecular formula is C17H17N3O2. The van der Waals surface area contributed by atoms with Gasteiger partial charge in [-0.1, -0.05) is 0 Å². The molecule has 3 heterocycles. The second-order valence-corrected chi connectivity index (χ2v) is 5.87. The van der Waals surface area contributed by atoms with Crippen LogP contribution >= 0.6 is 0 Å². The van der Waals surface area contributed by atoms with Crippen LogP contribution in [0.1, 0.15) is 23.2 Å². The van der Waals surface area contributed by atoms with E-state index in [1.807, 2.05) is 17.0 Å². The Kier molecular flexibility index (Phi) is 3.25. The lowest BCUT2D eigenvalue weighted by Crippen LogP contribution is -2.40. The maximum absolute atomic E-state index is 12.7. The van der Waals surface area contributed by atoms with Crippen molar-refractivity contribution in [1.29, 1.82) is 0 Å². The van der Waals surface area contributed by atoms with Crippen LogP contribution in [0.5, 0.6) is 5.75 Å². The van der Waals surface area contributed by atoms with Crippen molar-refractivity contribution < 1.29 is 9.53 Å². The highest BCUT2D eigenvalue weighted by Gasteiger charge is 2.50. The Labute approximate surface area is 129 Å². The number of nitrogens with zero attached hydrogens (tertiary/aromatic N) is 3. The van der Waals surface area contributed by atoms with Crippen molar-refractivity contribution >= 4 is 5.91 Å². The second kappa shape index (κ2) is 5.40. The first-order valence-electron chi connectivity index (χ1n) is 7.60. The molecule has 2 bridgehead atoms. The van der Waals surface area contributed by atoms with Gasteiger partial charge in [0.25, 0.3) is 5.91 Å². The molecule has 0 aromatic carbocycles. The van der Waals surface area contributed by atoms with Crippen LogP contribution in [0.15, 0.2) is 49.1 Å². The van der Waals surface area contributed by atoms with Gasteiger partial charge in [-0.3, -0.25) is 14.8 Å². The van der Waals surface area contributed by atoms with Gasteiger partial charge < -0.3 is 9.64 Å². The number of hydrogen-bond acceptors (Lipinski definition) is 4. The van der Waals surface area contributed by atoms with Crippen LogP contribution in [0.4, 0.5) is 0 Å². The SMILES string of the molecule is O=C(c1ccncc1)N1C[C@H]2CC[C@H]1[C@@H]2Oc1cccnc1. The van der Waals surface area contributed by atoms with Crippen LogP contribution in [0.3, 0.4) is 0 Å². The summed E-state index contributed by atoms with van der Waals surface area (Å²) in [6.07, 6.45) is 8.98. The normalized spacial score (nSPS) is 26.2. The van der Waals surface area contributed by atoms with E-state index in [0.717, 1.165) is 25.1 Å². The van der Waals surface area contributed by atoms with E-state index in [4.69, 9.17) is 4.74 Å². The number of carbonyl (C=O) groups is 1. The predicted octanol–water partition coefficient (Wildman–Crippen LogP) is 2.16. The Morgan fingerprint density at radius 3 is 2.77 bits per heavy atom. The number of ether oxygens (including phenoxy) is 1. The molecule has 2 aliphatic rings. The molecule has 5 nitrogen and oxygen atoms in total. The van der Waals surface area contributed by atoms with Crippen LogP contribution in [0.25, 0.3) is 0 Å². The molecule has 1 amide bonds. The molecule has 22 heavy (non-hydrogen) atoms. The van der Waals surface area contributed by atoms with E-state index in [-0.39, 0.29) is 18.1 Å². The third-order valence-corrected chi connectivity index (χ3v) is 4.60. The van der Waals surface area contributed by atoms with Gasteiger partial charge in [-0.2, -0.15) is 0 Å². The third-order valence-electron chi connectivity index (χ3n) is 4.60. The molecule has 4 rings (SSSR count). The van der Waals surface area contributed by atoms with Gasteiger partial charge in [0.15, 0.2) is 0 Å². The van der Waals surface area contributed by atoms with Crippen molar-refractivity contribution in [3.63, 3.8) is 0 Å². The number of piperidine rings is 1. The molecule has 1 aliphatic carbocycles. The highest BCUT2D eigenvalue weighted by molar-refractivity contribution is 5.94. The third kappa shape index (κ3) is 2.22. The molecule has 2 aromatic heterocycles. The van der Waals surface area contributed by atoms with Crippen molar-refractivity contribution in [3.8, 4) is 5.75 Å². The molecule has 1 saturated heterocycles. The lowest BCUT2D eigenvalue weighted by molar-refractivity contribution is 0.0666. The summed E-state index contributed by atoms with van der Waals surface area (Å²) >= 11 is 0. The van der Waals surface area contributed by atoms with Crippen molar-refractivity contribution in [2.24, 2.45) is 5.92 Å². The molecule has 1 saturated carbocycles. The maximum Gasteiger partial charge on any atom is 0.254 e. The molecular weight excluding hydrogens is 278 g/mol. The number of likely N-dealkylation sites (tertiary alicyclic amines) is 1. The summed E-state index contributed by atoms with van der Waals surface area (Å²) in [6, 6.07) is 7.48. The number of rotatable bonds is 3. The number of amides is 1. The lowest BCUT2D eigenvalue weighted by Gasteiger charge is -2.27. The molecule has 0 spiro atoms. The average Bonchev–Trinajstić information content (AvgIpc) is 3.13. The smallest absolute Gasteiger partial charge is 0.254 e. The van der Waals surface area contributed by atoms with Crippen molar-refractivity contribution in [3.05, 3.63) is 54.6 Å². The number of pyridine rings is 2. The first-order valence-corrected chi connectivity index (χ1v) is 7.60. The molecule has 0 radical (unpaired) electrons. The summed E-state index contributed by atoms with van der Waals surface area (Å²) in [5, 5.41) is 0. The minimum atomic E-state index is 0.0781. The molecule has 2 fully saturated rings. The maximum atomic E-state index is 12.7. The monoisotopic (exact) mass is 295 g/mol. The zero-order chi connectivity index (χ0) is 14.9. The van der Waals surface area contributed by atoms with Crippen LogP contribution in [-0.4, -0.2) is 39.5 Å². The molecule has 3 atom stereocenters. The molecule has 5 heteroatoms. The van der Waals surface area contributed by atoms with Crippen molar-refractivity contribution in [1.82, 2.24) is 14.9 Å². The van der Waals surface area contributed by atoms with E-state index in [1.54, 1.807) is 36.9 Å². The van der Waals surface area contributed by atoms with Gasteiger partial charge in [0.2, 0.25) is 0 Å². The fourth-order valence-electron chi connectivity index (χ4n) is 3.59. The van der Waals surface area contributed by atoms with E-state index in [2.05, 4.69) is 9.97 Å². The van der Waals surface area contributed by atoms with Crippen LogP contribution in [-0.2, 0) is 0 Å². The number of hydrogen-bond donors (Lipinski definition) is 0. The van der Waals surface area contributed by atoms with E-state index in [9.17, 15) is 4.79 Å². The first kappa shape index (κ1) is 13.2. The van der Waals surface area contributed by atoms with Gasteiger partial charge in [-0.25, -0.2) is 0 Å². The second-order valence-electron chi connectivity index (χ2n) is 5.87. The number of carbonyl (C=O) groups excluding carboxylic acids is 1. The highest BCUT2D eigenvalue weighted by atomic mass is 16.5. The molecule has 0 N–H and O–H groups in total. The Morgan fingerprint density at radius 1 is 1.14 bits per heavy atom. The Bertz CT molecular complexity index is 662. The van der Waals surface area contributed by atoms with Gasteiger partial charge in [0, 0.05) is 36.6 Å². The van der Waals surface area contributed by atoms with Crippen LogP contribution in [0, 0.1) is 5.92 Å². The quantitative estimate of drug-likeness (QED) is 0.870. The van der Waals surface area contributed by atoms with E-state index in [1.165, 1.54) is 0 Å². The topological polar surface area (TPSA) is 55.3 Å². The Hall–Kier alpha value is -2.43. The zero-order valence-electron chi connectivity index (χ0n) is 12.1. The predicted molar refractivity (Wildman–Crippen MR) is 80.4 cm³/mol. The molecule has 112 valence electrons. The first-order chi connectivity index (χ1) is 10.8. The molecule has 1 aliphatic heterocycles. The number of aromatic nitrogens is 2. The summed E-state index contributed by atoms with van der Waals surface area (Å²) in [4.78, 5) is 22.7. The fourth-order valence-corrected chi connectivity index (χ4v) is 3.59. The minimum Gasteiger partial charge on any atom is -0.486 e. The summed E-state index contributed by atoms with van der Waals surface area (Å²) in [7, 11) is 0. The van der Waals surface area contributed by atoms with Crippen LogP contribution in [0.2, 0.25) is 0 Å². The van der Waals surface area contributed by atoms with E-state index in [0.29, 0.717) is 11.5 Å².